The lowest BCUT2D eigenvalue weighted by Crippen LogP contribution is -2.15. The first-order valence-corrected chi connectivity index (χ1v) is 10.2. The molecule has 0 aliphatic carbocycles. The number of hydrogen-bond donors (Lipinski definition) is 0. The molecule has 6 nitrogen and oxygen atoms in total. The van der Waals surface area contributed by atoms with E-state index in [1.165, 1.54) is 0 Å². The van der Waals surface area contributed by atoms with Crippen LogP contribution in [0.4, 0.5) is 0 Å². The van der Waals surface area contributed by atoms with E-state index < -0.39 is 5.97 Å². The van der Waals surface area contributed by atoms with Crippen LogP contribution in [0.2, 0.25) is 0 Å². The number of carbonyl (C=O) groups is 2. The smallest absolute Gasteiger partial charge is 0.306 e. The first-order chi connectivity index (χ1) is 15.0. The molecule has 0 unspecified atom stereocenters. The van der Waals surface area contributed by atoms with Crippen molar-refractivity contribution in [1.29, 1.82) is 0 Å². The van der Waals surface area contributed by atoms with Gasteiger partial charge in [0.1, 0.15) is 5.52 Å². The molecule has 0 fully saturated rings. The van der Waals surface area contributed by atoms with Crippen molar-refractivity contribution in [2.45, 2.75) is 33.2 Å². The van der Waals surface area contributed by atoms with Gasteiger partial charge in [0.25, 0.3) is 0 Å². The molecular formula is C25H24N2O4. The van der Waals surface area contributed by atoms with Gasteiger partial charge in [-0.3, -0.25) is 9.59 Å². The zero-order valence-corrected chi connectivity index (χ0v) is 17.6. The fourth-order valence-electron chi connectivity index (χ4n) is 3.62. The van der Waals surface area contributed by atoms with Crippen LogP contribution in [0.25, 0.3) is 11.1 Å². The topological polar surface area (TPSA) is 74.3 Å². The van der Waals surface area contributed by atoms with E-state index in [0.717, 1.165) is 22.5 Å². The number of ether oxygens (including phenoxy) is 1. The van der Waals surface area contributed by atoms with Crippen LogP contribution < -0.4 is 0 Å². The van der Waals surface area contributed by atoms with Crippen LogP contribution in [0, 0.1) is 13.8 Å². The van der Waals surface area contributed by atoms with E-state index in [-0.39, 0.29) is 18.8 Å². The monoisotopic (exact) mass is 416 g/mol. The number of hydrogen-bond acceptors (Lipinski definition) is 5. The molecule has 2 heterocycles. The number of nitrogens with zero attached hydrogens (tertiary/aromatic N) is 2. The lowest BCUT2D eigenvalue weighted by atomic mass is 10.1. The highest BCUT2D eigenvalue weighted by atomic mass is 16.5. The molecule has 4 rings (SSSR count). The van der Waals surface area contributed by atoms with Gasteiger partial charge in [-0.05, 0) is 37.6 Å². The number of ketones is 1. The van der Waals surface area contributed by atoms with Gasteiger partial charge in [-0.25, -0.2) is 4.98 Å². The lowest BCUT2D eigenvalue weighted by Gasteiger charge is -2.10. The average Bonchev–Trinajstić information content (AvgIpc) is 3.32. The highest BCUT2D eigenvalue weighted by Crippen LogP contribution is 2.19. The van der Waals surface area contributed by atoms with Crippen molar-refractivity contribution in [1.82, 2.24) is 9.55 Å². The van der Waals surface area contributed by atoms with Gasteiger partial charge >= 0.3 is 5.97 Å². The predicted octanol–water partition coefficient (Wildman–Crippen LogP) is 4.65. The fraction of sp³-hybridized carbons (Fsp3) is 0.240. The molecular weight excluding hydrogens is 392 g/mol. The minimum absolute atomic E-state index is 0.104. The predicted molar refractivity (Wildman–Crippen MR) is 117 cm³/mol. The number of benzene rings is 2. The van der Waals surface area contributed by atoms with Crippen LogP contribution in [-0.4, -0.2) is 27.9 Å². The minimum atomic E-state index is -0.450. The normalized spacial score (nSPS) is 11.0. The molecule has 0 N–H and O–H groups in total. The van der Waals surface area contributed by atoms with Crippen molar-refractivity contribution in [3.63, 3.8) is 0 Å². The van der Waals surface area contributed by atoms with Gasteiger partial charge in [-0.15, -0.1) is 0 Å². The molecule has 0 spiro atoms. The summed E-state index contributed by atoms with van der Waals surface area (Å²) in [5.41, 5.74) is 5.05. The molecule has 0 bridgehead atoms. The Morgan fingerprint density at radius 1 is 1.03 bits per heavy atom. The van der Waals surface area contributed by atoms with E-state index in [9.17, 15) is 9.59 Å². The number of oxazole rings is 1. The van der Waals surface area contributed by atoms with Crippen LogP contribution in [0.1, 0.15) is 39.6 Å². The third-order valence-electron chi connectivity index (χ3n) is 5.30. The van der Waals surface area contributed by atoms with Crippen LogP contribution in [0.15, 0.2) is 65.1 Å². The molecule has 0 saturated heterocycles. The molecule has 0 saturated carbocycles. The van der Waals surface area contributed by atoms with Crippen LogP contribution >= 0.6 is 0 Å². The van der Waals surface area contributed by atoms with Gasteiger partial charge in [-0.2, -0.15) is 0 Å². The number of rotatable bonds is 8. The van der Waals surface area contributed by atoms with Crippen molar-refractivity contribution >= 4 is 22.9 Å². The second-order valence-corrected chi connectivity index (χ2v) is 7.52. The van der Waals surface area contributed by atoms with Gasteiger partial charge in [0, 0.05) is 29.9 Å². The summed E-state index contributed by atoms with van der Waals surface area (Å²) in [6.07, 6.45) is 0.431. The first-order valence-electron chi connectivity index (χ1n) is 10.2. The quantitative estimate of drug-likeness (QED) is 0.309. The Morgan fingerprint density at radius 3 is 2.55 bits per heavy atom. The summed E-state index contributed by atoms with van der Waals surface area (Å²) in [5, 5.41) is 0. The highest BCUT2D eigenvalue weighted by Gasteiger charge is 2.18. The first kappa shape index (κ1) is 20.6. The number of aryl methyl sites for hydroxylation is 2. The number of fused-ring (bicyclic) bond motifs is 1. The van der Waals surface area contributed by atoms with Crippen LogP contribution in [0.3, 0.4) is 0 Å². The van der Waals surface area contributed by atoms with Crippen LogP contribution in [-0.2, 0) is 22.5 Å². The summed E-state index contributed by atoms with van der Waals surface area (Å²) in [6.45, 7) is 4.30. The maximum absolute atomic E-state index is 12.7. The summed E-state index contributed by atoms with van der Waals surface area (Å²) in [6, 6.07) is 19.4. The molecule has 6 heteroatoms. The molecule has 2 aromatic carbocycles. The van der Waals surface area contributed by atoms with E-state index in [2.05, 4.69) is 21.7 Å². The maximum atomic E-state index is 12.7. The van der Waals surface area contributed by atoms with Gasteiger partial charge < -0.3 is 13.7 Å². The van der Waals surface area contributed by atoms with E-state index in [1.54, 1.807) is 0 Å². The van der Waals surface area contributed by atoms with Gasteiger partial charge in [-0.1, -0.05) is 42.5 Å². The Bertz CT molecular complexity index is 1190. The Morgan fingerprint density at radius 2 is 1.77 bits per heavy atom. The second-order valence-electron chi connectivity index (χ2n) is 7.52. The van der Waals surface area contributed by atoms with Crippen molar-refractivity contribution < 1.29 is 18.7 Å². The van der Waals surface area contributed by atoms with Gasteiger partial charge in [0.05, 0.1) is 6.42 Å². The van der Waals surface area contributed by atoms with Crippen molar-refractivity contribution in [3.8, 4) is 0 Å². The Hall–Kier alpha value is -3.67. The minimum Gasteiger partial charge on any atom is -0.457 e. The Kier molecular flexibility index (Phi) is 5.98. The standard InChI is InChI=1S/C25H24N2O4/c1-17-14-20(18(2)27(17)15-19-8-4-3-5-9-19)22(28)16-30-25(29)13-12-24-26-21-10-6-7-11-23(21)31-24/h3-11,14H,12-13,15-16H2,1-2H3. The number of carbonyl (C=O) groups excluding carboxylic acids is 2. The molecule has 2 aromatic heterocycles. The zero-order chi connectivity index (χ0) is 21.8. The molecule has 0 radical (unpaired) electrons. The van der Waals surface area contributed by atoms with E-state index in [1.807, 2.05) is 62.4 Å². The molecule has 31 heavy (non-hydrogen) atoms. The summed E-state index contributed by atoms with van der Waals surface area (Å²) in [4.78, 5) is 29.1. The number of esters is 1. The van der Waals surface area contributed by atoms with E-state index >= 15 is 0 Å². The zero-order valence-electron chi connectivity index (χ0n) is 17.6. The molecule has 0 aliphatic rings. The SMILES string of the molecule is Cc1cc(C(=O)COC(=O)CCc2nc3ccccc3o2)c(C)n1Cc1ccccc1. The third-order valence-corrected chi connectivity index (χ3v) is 5.30. The number of aromatic nitrogens is 2. The van der Waals surface area contributed by atoms with E-state index in [4.69, 9.17) is 9.15 Å². The van der Waals surface area contributed by atoms with Crippen molar-refractivity contribution in [2.24, 2.45) is 0 Å². The Balaban J connectivity index is 1.33. The van der Waals surface area contributed by atoms with Crippen molar-refractivity contribution in [3.05, 3.63) is 89.1 Å². The summed E-state index contributed by atoms with van der Waals surface area (Å²) >= 11 is 0. The highest BCUT2D eigenvalue weighted by molar-refractivity contribution is 5.99. The molecule has 158 valence electrons. The van der Waals surface area contributed by atoms with E-state index in [0.29, 0.717) is 30.0 Å². The number of Topliss-reactive ketones (excluding diaryl/α,β-unsaturated/α-hetero) is 1. The maximum Gasteiger partial charge on any atom is 0.306 e. The lowest BCUT2D eigenvalue weighted by molar-refractivity contribution is -0.142. The van der Waals surface area contributed by atoms with Gasteiger partial charge in [0.15, 0.2) is 18.1 Å². The molecule has 0 amide bonds. The summed E-state index contributed by atoms with van der Waals surface area (Å²) in [5.74, 6) is -0.176. The molecule has 0 aliphatic heterocycles. The molecule has 4 aromatic rings. The fourth-order valence-corrected chi connectivity index (χ4v) is 3.62. The van der Waals surface area contributed by atoms with Crippen LogP contribution in [0.5, 0.6) is 0 Å². The summed E-state index contributed by atoms with van der Waals surface area (Å²) in [7, 11) is 0. The largest absolute Gasteiger partial charge is 0.457 e. The van der Waals surface area contributed by atoms with Crippen molar-refractivity contribution in [2.75, 3.05) is 6.61 Å². The third kappa shape index (κ3) is 4.74. The van der Waals surface area contributed by atoms with Gasteiger partial charge in [0.2, 0.25) is 5.78 Å². The second kappa shape index (κ2) is 9.00. The summed E-state index contributed by atoms with van der Waals surface area (Å²) < 4.78 is 12.9. The average molecular weight is 416 g/mol. The molecule has 0 atom stereocenters. The number of para-hydroxylation sites is 2. The Labute approximate surface area is 180 Å².